The number of halogens is 3. The molecule has 2 rings (SSSR count). The fourth-order valence-corrected chi connectivity index (χ4v) is 3.60. The third-order valence-corrected chi connectivity index (χ3v) is 4.64. The van der Waals surface area contributed by atoms with E-state index in [1.54, 1.807) is 0 Å². The van der Waals surface area contributed by atoms with Crippen LogP contribution in [0.15, 0.2) is 0 Å². The summed E-state index contributed by atoms with van der Waals surface area (Å²) in [4.78, 5) is 14.2. The number of thiocarbonyl (C=S) groups is 1. The van der Waals surface area contributed by atoms with Gasteiger partial charge in [0.2, 0.25) is 5.91 Å². The zero-order valence-corrected chi connectivity index (χ0v) is 12.0. The van der Waals surface area contributed by atoms with Crippen molar-refractivity contribution in [2.45, 2.75) is 50.7 Å². The van der Waals surface area contributed by atoms with Crippen molar-refractivity contribution >= 4 is 23.1 Å². The van der Waals surface area contributed by atoms with Crippen molar-refractivity contribution in [2.75, 3.05) is 6.54 Å². The largest absolute Gasteiger partial charge is 0.392 e. The molecule has 0 aromatic heterocycles. The van der Waals surface area contributed by atoms with Crippen LogP contribution in [0, 0.1) is 11.8 Å². The van der Waals surface area contributed by atoms with Gasteiger partial charge in [-0.2, -0.15) is 13.2 Å². The molecule has 1 saturated carbocycles. The average molecular weight is 308 g/mol. The first kappa shape index (κ1) is 15.5. The van der Waals surface area contributed by atoms with Crippen LogP contribution in [0.1, 0.15) is 38.5 Å². The minimum Gasteiger partial charge on any atom is -0.392 e. The second-order valence-electron chi connectivity index (χ2n) is 5.63. The lowest BCUT2D eigenvalue weighted by molar-refractivity contribution is -0.200. The van der Waals surface area contributed by atoms with Crippen LogP contribution in [0.2, 0.25) is 0 Å². The van der Waals surface area contributed by atoms with Gasteiger partial charge in [0.1, 0.15) is 0 Å². The Balaban J connectivity index is 2.15. The predicted molar refractivity (Wildman–Crippen MR) is 73.0 cm³/mol. The van der Waals surface area contributed by atoms with Crippen molar-refractivity contribution in [3.63, 3.8) is 0 Å². The summed E-state index contributed by atoms with van der Waals surface area (Å²) in [6.45, 7) is 0.460. The molecule has 1 saturated heterocycles. The number of nitrogens with zero attached hydrogens (tertiary/aromatic N) is 1. The summed E-state index contributed by atoms with van der Waals surface area (Å²) in [6, 6.07) is -0.367. The van der Waals surface area contributed by atoms with Crippen molar-refractivity contribution in [2.24, 2.45) is 17.6 Å². The maximum atomic E-state index is 13.1. The van der Waals surface area contributed by atoms with Gasteiger partial charge in [-0.3, -0.25) is 4.79 Å². The first-order valence-electron chi connectivity index (χ1n) is 6.99. The Kier molecular flexibility index (Phi) is 4.56. The van der Waals surface area contributed by atoms with Crippen molar-refractivity contribution in [1.29, 1.82) is 0 Å². The quantitative estimate of drug-likeness (QED) is 0.798. The van der Waals surface area contributed by atoms with Crippen LogP contribution in [-0.4, -0.2) is 34.6 Å². The molecule has 2 fully saturated rings. The lowest BCUT2D eigenvalue weighted by Crippen LogP contribution is -2.49. The summed E-state index contributed by atoms with van der Waals surface area (Å²) in [5.74, 6) is -2.89. The molecule has 7 heteroatoms. The summed E-state index contributed by atoms with van der Waals surface area (Å²) in [5.41, 5.74) is 5.59. The van der Waals surface area contributed by atoms with Gasteiger partial charge in [-0.1, -0.05) is 25.1 Å². The van der Waals surface area contributed by atoms with Crippen LogP contribution >= 0.6 is 12.2 Å². The number of hydrogen-bond acceptors (Lipinski definition) is 2. The molecule has 3 unspecified atom stereocenters. The molecule has 3 atom stereocenters. The zero-order valence-electron chi connectivity index (χ0n) is 11.2. The van der Waals surface area contributed by atoms with Gasteiger partial charge >= 0.3 is 6.18 Å². The number of rotatable bonds is 2. The fourth-order valence-electron chi connectivity index (χ4n) is 3.36. The predicted octanol–water partition coefficient (Wildman–Crippen LogP) is 2.63. The second-order valence-corrected chi connectivity index (χ2v) is 6.10. The molecule has 0 bridgehead atoms. The van der Waals surface area contributed by atoms with E-state index in [0.29, 0.717) is 32.2 Å². The molecule has 3 nitrogen and oxygen atoms in total. The molecule has 0 aromatic rings. The summed E-state index contributed by atoms with van der Waals surface area (Å²) < 4.78 is 39.2. The highest BCUT2D eigenvalue weighted by Gasteiger charge is 2.50. The van der Waals surface area contributed by atoms with E-state index in [1.165, 1.54) is 4.90 Å². The molecule has 1 aliphatic carbocycles. The maximum absolute atomic E-state index is 13.1. The van der Waals surface area contributed by atoms with Crippen LogP contribution in [0.25, 0.3) is 0 Å². The molecule has 2 aliphatic rings. The van der Waals surface area contributed by atoms with E-state index >= 15 is 0 Å². The fraction of sp³-hybridized carbons (Fsp3) is 0.846. The number of alkyl halides is 3. The first-order valence-corrected chi connectivity index (χ1v) is 7.39. The van der Waals surface area contributed by atoms with Crippen molar-refractivity contribution in [3.05, 3.63) is 0 Å². The third kappa shape index (κ3) is 3.07. The summed E-state index contributed by atoms with van der Waals surface area (Å²) in [5, 5.41) is 0. The Morgan fingerprint density at radius 1 is 1.15 bits per heavy atom. The van der Waals surface area contributed by atoms with Gasteiger partial charge in [0.25, 0.3) is 0 Å². The van der Waals surface area contributed by atoms with Gasteiger partial charge < -0.3 is 10.6 Å². The molecular weight excluding hydrogens is 289 g/mol. The van der Waals surface area contributed by atoms with Crippen molar-refractivity contribution < 1.29 is 18.0 Å². The lowest BCUT2D eigenvalue weighted by atomic mass is 9.78. The van der Waals surface area contributed by atoms with Crippen LogP contribution in [0.3, 0.4) is 0 Å². The lowest BCUT2D eigenvalue weighted by Gasteiger charge is -2.36. The Labute approximate surface area is 121 Å². The van der Waals surface area contributed by atoms with Crippen LogP contribution in [0.4, 0.5) is 13.2 Å². The number of likely N-dealkylation sites (tertiary alicyclic amines) is 1. The monoisotopic (exact) mass is 308 g/mol. The van der Waals surface area contributed by atoms with E-state index in [1.807, 2.05) is 0 Å². The van der Waals surface area contributed by atoms with E-state index in [-0.39, 0.29) is 17.5 Å². The Morgan fingerprint density at radius 2 is 1.80 bits per heavy atom. The number of nitrogens with two attached hydrogens (primary N) is 1. The van der Waals surface area contributed by atoms with Gasteiger partial charge in [-0.25, -0.2) is 0 Å². The smallest absolute Gasteiger partial charge is 0.392 e. The number of hydrogen-bond donors (Lipinski definition) is 1. The Hall–Kier alpha value is -0.850. The highest BCUT2D eigenvalue weighted by Crippen LogP contribution is 2.42. The maximum Gasteiger partial charge on any atom is 0.392 e. The molecular formula is C13H19F3N2OS. The topological polar surface area (TPSA) is 46.3 Å². The number of carbonyl (C=O) groups is 1. The van der Waals surface area contributed by atoms with Crippen molar-refractivity contribution in [3.8, 4) is 0 Å². The molecule has 2 N–H and O–H groups in total. The molecule has 114 valence electrons. The van der Waals surface area contributed by atoms with Gasteiger partial charge in [0.15, 0.2) is 0 Å². The van der Waals surface area contributed by atoms with E-state index in [0.717, 1.165) is 6.42 Å². The molecule has 1 aliphatic heterocycles. The van der Waals surface area contributed by atoms with Gasteiger partial charge in [0, 0.05) is 12.5 Å². The van der Waals surface area contributed by atoms with Crippen LogP contribution in [-0.2, 0) is 4.79 Å². The third-order valence-electron chi connectivity index (χ3n) is 4.37. The molecule has 1 heterocycles. The van der Waals surface area contributed by atoms with E-state index < -0.39 is 23.9 Å². The van der Waals surface area contributed by atoms with E-state index in [4.69, 9.17) is 18.0 Å². The first-order chi connectivity index (χ1) is 9.32. The molecule has 0 aromatic carbocycles. The summed E-state index contributed by atoms with van der Waals surface area (Å²) in [7, 11) is 0. The van der Waals surface area contributed by atoms with E-state index in [2.05, 4.69) is 0 Å². The average Bonchev–Trinajstić information content (AvgIpc) is 2.86. The van der Waals surface area contributed by atoms with Crippen LogP contribution < -0.4 is 5.73 Å². The molecule has 20 heavy (non-hydrogen) atoms. The van der Waals surface area contributed by atoms with Gasteiger partial charge in [-0.15, -0.1) is 0 Å². The minimum absolute atomic E-state index is 0.0471. The van der Waals surface area contributed by atoms with Crippen molar-refractivity contribution in [1.82, 2.24) is 4.90 Å². The molecule has 0 radical (unpaired) electrons. The van der Waals surface area contributed by atoms with E-state index in [9.17, 15) is 18.0 Å². The number of amides is 1. The SMILES string of the molecule is NC(=S)C1CCCN1C(=O)C1CCCCC1C(F)(F)F. The summed E-state index contributed by atoms with van der Waals surface area (Å²) in [6.07, 6.45) is -1.34. The molecule has 1 amide bonds. The Bertz CT molecular complexity index is 400. The minimum atomic E-state index is -4.31. The Morgan fingerprint density at radius 3 is 2.40 bits per heavy atom. The van der Waals surface area contributed by atoms with Gasteiger partial charge in [-0.05, 0) is 25.7 Å². The van der Waals surface area contributed by atoms with Gasteiger partial charge in [0.05, 0.1) is 16.9 Å². The second kappa shape index (κ2) is 5.87. The number of carbonyl (C=O) groups excluding carboxylic acids is 1. The summed E-state index contributed by atoms with van der Waals surface area (Å²) >= 11 is 4.92. The normalized spacial score (nSPS) is 31.4. The van der Waals surface area contributed by atoms with Crippen LogP contribution in [0.5, 0.6) is 0 Å². The molecule has 0 spiro atoms. The standard InChI is InChI=1S/C13H19F3N2OS/c14-13(15,16)9-5-2-1-4-8(9)12(19)18-7-3-6-10(18)11(17)20/h8-10H,1-7H2,(H2,17,20). The zero-order chi connectivity index (χ0) is 14.9. The highest BCUT2D eigenvalue weighted by atomic mass is 32.1. The highest BCUT2D eigenvalue weighted by molar-refractivity contribution is 7.80.